The summed E-state index contributed by atoms with van der Waals surface area (Å²) in [5, 5.41) is 9.22. The lowest BCUT2D eigenvalue weighted by Crippen LogP contribution is -2.33. The Hall–Kier alpha value is -1.39. The van der Waals surface area contributed by atoms with Crippen molar-refractivity contribution in [3.05, 3.63) is 35.4 Å². The Morgan fingerprint density at radius 2 is 2.00 bits per heavy atom. The number of aliphatic hydroxyl groups is 1. The maximum Gasteiger partial charge on any atom is 0.253 e. The Balaban J connectivity index is 2.69. The van der Waals surface area contributed by atoms with E-state index in [0.29, 0.717) is 18.7 Å². The molecule has 0 radical (unpaired) electrons. The summed E-state index contributed by atoms with van der Waals surface area (Å²) < 4.78 is 0. The molecule has 1 aromatic carbocycles. The summed E-state index contributed by atoms with van der Waals surface area (Å²) in [5.74, 6) is -0.0785. The molecule has 0 aliphatic heterocycles. The van der Waals surface area contributed by atoms with Crippen molar-refractivity contribution in [3.8, 4) is 0 Å². The molecular formula is C13H20N2O2. The van der Waals surface area contributed by atoms with Crippen LogP contribution in [0.15, 0.2) is 24.3 Å². The minimum absolute atomic E-state index is 0.0785. The molecular weight excluding hydrogens is 216 g/mol. The van der Waals surface area contributed by atoms with Gasteiger partial charge in [-0.15, -0.1) is 0 Å². The van der Waals surface area contributed by atoms with Crippen molar-refractivity contribution >= 4 is 5.91 Å². The average Bonchev–Trinajstić information content (AvgIpc) is 2.28. The van der Waals surface area contributed by atoms with E-state index in [1.807, 2.05) is 12.1 Å². The van der Waals surface area contributed by atoms with Crippen molar-refractivity contribution in [3.63, 3.8) is 0 Å². The van der Waals surface area contributed by atoms with Crippen LogP contribution in [-0.2, 0) is 6.42 Å². The van der Waals surface area contributed by atoms with E-state index in [4.69, 9.17) is 5.73 Å². The molecule has 1 atom stereocenters. The van der Waals surface area contributed by atoms with Crippen LogP contribution >= 0.6 is 0 Å². The first-order chi connectivity index (χ1) is 8.04. The summed E-state index contributed by atoms with van der Waals surface area (Å²) in [6.07, 6.45) is 0.304. The van der Waals surface area contributed by atoms with Crippen LogP contribution in [0.3, 0.4) is 0 Å². The summed E-state index contributed by atoms with van der Waals surface area (Å²) in [6, 6.07) is 7.42. The van der Waals surface area contributed by atoms with Gasteiger partial charge in [-0.25, -0.2) is 0 Å². The maximum absolute atomic E-state index is 11.9. The molecule has 0 saturated carbocycles. The molecule has 0 fully saturated rings. The number of aliphatic hydroxyl groups excluding tert-OH is 1. The van der Waals surface area contributed by atoms with Gasteiger partial charge in [0, 0.05) is 19.2 Å². The van der Waals surface area contributed by atoms with E-state index < -0.39 is 6.10 Å². The molecule has 1 rings (SSSR count). The van der Waals surface area contributed by atoms with Gasteiger partial charge in [0.25, 0.3) is 5.91 Å². The third kappa shape index (κ3) is 4.17. The van der Waals surface area contributed by atoms with E-state index in [0.717, 1.165) is 12.0 Å². The normalized spacial score (nSPS) is 12.2. The van der Waals surface area contributed by atoms with Gasteiger partial charge in [0.15, 0.2) is 0 Å². The Kier molecular flexibility index (Phi) is 5.12. The molecule has 0 heterocycles. The van der Waals surface area contributed by atoms with Gasteiger partial charge in [0.1, 0.15) is 0 Å². The fraction of sp³-hybridized carbons (Fsp3) is 0.462. The Bertz CT molecular complexity index is 360. The van der Waals surface area contributed by atoms with Crippen LogP contribution < -0.4 is 5.73 Å². The smallest absolute Gasteiger partial charge is 0.253 e. The van der Waals surface area contributed by atoms with E-state index in [1.165, 1.54) is 4.90 Å². The van der Waals surface area contributed by atoms with Crippen LogP contribution in [0.2, 0.25) is 0 Å². The third-order valence-corrected chi connectivity index (χ3v) is 2.52. The van der Waals surface area contributed by atoms with Gasteiger partial charge in [-0.05, 0) is 37.6 Å². The Morgan fingerprint density at radius 1 is 1.41 bits per heavy atom. The van der Waals surface area contributed by atoms with Crippen molar-refractivity contribution < 1.29 is 9.90 Å². The summed E-state index contributed by atoms with van der Waals surface area (Å²) in [6.45, 7) is 2.60. The van der Waals surface area contributed by atoms with Crippen molar-refractivity contribution in [1.29, 1.82) is 0 Å². The summed E-state index contributed by atoms with van der Waals surface area (Å²) in [7, 11) is 1.68. The lowest BCUT2D eigenvalue weighted by atomic mass is 10.1. The zero-order valence-corrected chi connectivity index (χ0v) is 10.4. The van der Waals surface area contributed by atoms with Crippen LogP contribution in [0, 0.1) is 0 Å². The summed E-state index contributed by atoms with van der Waals surface area (Å²) in [4.78, 5) is 13.5. The van der Waals surface area contributed by atoms with Gasteiger partial charge in [0.05, 0.1) is 6.10 Å². The molecule has 0 saturated heterocycles. The Morgan fingerprint density at radius 3 is 2.47 bits per heavy atom. The minimum atomic E-state index is -0.513. The highest BCUT2D eigenvalue weighted by Gasteiger charge is 2.12. The molecule has 4 nitrogen and oxygen atoms in total. The highest BCUT2D eigenvalue weighted by Crippen LogP contribution is 2.07. The van der Waals surface area contributed by atoms with Gasteiger partial charge in [-0.2, -0.15) is 0 Å². The van der Waals surface area contributed by atoms with Crippen molar-refractivity contribution in [2.24, 2.45) is 5.73 Å². The molecule has 17 heavy (non-hydrogen) atoms. The van der Waals surface area contributed by atoms with Gasteiger partial charge in [-0.3, -0.25) is 4.79 Å². The second-order valence-corrected chi connectivity index (χ2v) is 4.27. The zero-order chi connectivity index (χ0) is 12.8. The number of nitrogens with zero attached hydrogens (tertiary/aromatic N) is 1. The topological polar surface area (TPSA) is 66.6 Å². The van der Waals surface area contributed by atoms with Crippen LogP contribution in [0.25, 0.3) is 0 Å². The van der Waals surface area contributed by atoms with Crippen molar-refractivity contribution in [2.45, 2.75) is 19.4 Å². The molecule has 1 unspecified atom stereocenters. The first-order valence-electron chi connectivity index (χ1n) is 5.77. The summed E-state index contributed by atoms with van der Waals surface area (Å²) in [5.41, 5.74) is 7.22. The van der Waals surface area contributed by atoms with Crippen molar-refractivity contribution in [1.82, 2.24) is 4.90 Å². The number of nitrogens with two attached hydrogens (primary N) is 1. The van der Waals surface area contributed by atoms with E-state index in [2.05, 4.69) is 0 Å². The highest BCUT2D eigenvalue weighted by atomic mass is 16.3. The molecule has 0 spiro atoms. The lowest BCUT2D eigenvalue weighted by molar-refractivity contribution is 0.0703. The predicted octanol–water partition coefficient (Wildman–Crippen LogP) is 0.641. The third-order valence-electron chi connectivity index (χ3n) is 2.52. The molecule has 0 aliphatic rings. The highest BCUT2D eigenvalue weighted by molar-refractivity contribution is 5.94. The summed E-state index contributed by atoms with van der Waals surface area (Å²) >= 11 is 0. The van der Waals surface area contributed by atoms with Crippen LogP contribution in [-0.4, -0.2) is 42.2 Å². The number of benzene rings is 1. The molecule has 1 amide bonds. The second kappa shape index (κ2) is 6.37. The van der Waals surface area contributed by atoms with Crippen molar-refractivity contribution in [2.75, 3.05) is 20.1 Å². The monoisotopic (exact) mass is 236 g/mol. The van der Waals surface area contributed by atoms with E-state index in [9.17, 15) is 9.90 Å². The molecule has 0 aromatic heterocycles. The number of carbonyl (C=O) groups is 1. The molecule has 3 N–H and O–H groups in total. The van der Waals surface area contributed by atoms with Gasteiger partial charge in [0.2, 0.25) is 0 Å². The fourth-order valence-corrected chi connectivity index (χ4v) is 1.68. The molecule has 0 aliphatic carbocycles. The second-order valence-electron chi connectivity index (χ2n) is 4.27. The largest absolute Gasteiger partial charge is 0.392 e. The van der Waals surface area contributed by atoms with Crippen LogP contribution in [0.1, 0.15) is 22.8 Å². The number of likely N-dealkylation sites (N-methyl/N-ethyl adjacent to an activating group) is 1. The lowest BCUT2D eigenvalue weighted by Gasteiger charge is -2.18. The minimum Gasteiger partial charge on any atom is -0.392 e. The fourth-order valence-electron chi connectivity index (χ4n) is 1.68. The van der Waals surface area contributed by atoms with Gasteiger partial charge >= 0.3 is 0 Å². The molecule has 94 valence electrons. The van der Waals surface area contributed by atoms with Crippen LogP contribution in [0.4, 0.5) is 0 Å². The number of rotatable bonds is 5. The number of hydrogen-bond acceptors (Lipinski definition) is 3. The molecule has 4 heteroatoms. The number of carbonyl (C=O) groups excluding carboxylic acids is 1. The zero-order valence-electron chi connectivity index (χ0n) is 10.4. The first-order valence-corrected chi connectivity index (χ1v) is 5.77. The molecule has 1 aromatic rings. The predicted molar refractivity (Wildman–Crippen MR) is 67.8 cm³/mol. The SMILES string of the molecule is CC(O)CN(C)C(=O)c1ccc(CCN)cc1. The van der Waals surface area contributed by atoms with E-state index in [-0.39, 0.29) is 5.91 Å². The van der Waals surface area contributed by atoms with Gasteiger partial charge < -0.3 is 15.7 Å². The van der Waals surface area contributed by atoms with E-state index >= 15 is 0 Å². The number of amides is 1. The maximum atomic E-state index is 11.9. The van der Waals surface area contributed by atoms with Crippen LogP contribution in [0.5, 0.6) is 0 Å². The quantitative estimate of drug-likeness (QED) is 0.788. The standard InChI is InChI=1S/C13H20N2O2/c1-10(16)9-15(2)13(17)12-5-3-11(4-6-12)7-8-14/h3-6,10,16H,7-9,14H2,1-2H3. The van der Waals surface area contributed by atoms with Gasteiger partial charge in [-0.1, -0.05) is 12.1 Å². The molecule has 0 bridgehead atoms. The Labute approximate surface area is 102 Å². The van der Waals surface area contributed by atoms with E-state index in [1.54, 1.807) is 26.1 Å². The average molecular weight is 236 g/mol. The first kappa shape index (κ1) is 13.7. The number of hydrogen-bond donors (Lipinski definition) is 2.